The summed E-state index contributed by atoms with van der Waals surface area (Å²) in [6.45, 7) is 6.19. The number of halogens is 1. The lowest BCUT2D eigenvalue weighted by Gasteiger charge is -2.23. The first kappa shape index (κ1) is 16.5. The zero-order valence-electron chi connectivity index (χ0n) is 13.9. The average Bonchev–Trinajstić information content (AvgIpc) is 3.16. The smallest absolute Gasteiger partial charge is 0.139 e. The number of rotatable bonds is 5. The number of hydrogen-bond donors (Lipinski definition) is 0. The van der Waals surface area contributed by atoms with Gasteiger partial charge >= 0.3 is 0 Å². The first-order chi connectivity index (χ1) is 11.1. The lowest BCUT2D eigenvalue weighted by molar-refractivity contribution is 0.233. The van der Waals surface area contributed by atoms with Crippen LogP contribution in [0.2, 0.25) is 0 Å². The van der Waals surface area contributed by atoms with Crippen molar-refractivity contribution < 1.29 is 9.26 Å². The average molecular weight is 379 g/mol. The van der Waals surface area contributed by atoms with Crippen LogP contribution in [0.5, 0.6) is 5.75 Å². The van der Waals surface area contributed by atoms with E-state index in [1.807, 2.05) is 12.1 Å². The molecule has 2 aromatic rings. The van der Waals surface area contributed by atoms with Gasteiger partial charge in [-0.2, -0.15) is 0 Å². The summed E-state index contributed by atoms with van der Waals surface area (Å²) in [6, 6.07) is 8.60. The summed E-state index contributed by atoms with van der Waals surface area (Å²) < 4.78 is 12.1. The number of methoxy groups -OCH3 is 1. The highest BCUT2D eigenvalue weighted by Crippen LogP contribution is 2.35. The van der Waals surface area contributed by atoms with Crippen molar-refractivity contribution in [3.8, 4) is 5.75 Å². The summed E-state index contributed by atoms with van der Waals surface area (Å²) in [7, 11) is 1.72. The van der Waals surface area contributed by atoms with E-state index in [2.05, 4.69) is 52.0 Å². The van der Waals surface area contributed by atoms with Crippen molar-refractivity contribution in [2.24, 2.45) is 0 Å². The number of aromatic nitrogens is 1. The van der Waals surface area contributed by atoms with Crippen LogP contribution in [-0.4, -0.2) is 23.7 Å². The minimum Gasteiger partial charge on any atom is -0.496 e. The van der Waals surface area contributed by atoms with Gasteiger partial charge in [-0.1, -0.05) is 34.9 Å². The molecule has 1 aliphatic rings. The van der Waals surface area contributed by atoms with Gasteiger partial charge in [0, 0.05) is 28.6 Å². The molecule has 3 rings (SSSR count). The molecule has 0 radical (unpaired) electrons. The molecule has 1 aliphatic heterocycles. The van der Waals surface area contributed by atoms with E-state index in [-0.39, 0.29) is 0 Å². The van der Waals surface area contributed by atoms with Crippen LogP contribution < -0.4 is 4.74 Å². The summed E-state index contributed by atoms with van der Waals surface area (Å²) in [5, 5.41) is 4.31. The Hall–Kier alpha value is -1.33. The van der Waals surface area contributed by atoms with Crippen LogP contribution in [0, 0.1) is 0 Å². The molecular weight excluding hydrogens is 356 g/mol. The number of nitrogens with zero attached hydrogens (tertiary/aromatic N) is 2. The van der Waals surface area contributed by atoms with Gasteiger partial charge in [0.2, 0.25) is 0 Å². The maximum atomic E-state index is 5.51. The topological polar surface area (TPSA) is 38.5 Å². The Morgan fingerprint density at radius 3 is 2.91 bits per heavy atom. The van der Waals surface area contributed by atoms with E-state index >= 15 is 0 Å². The summed E-state index contributed by atoms with van der Waals surface area (Å²) in [5.74, 6) is 2.27. The summed E-state index contributed by atoms with van der Waals surface area (Å²) in [5.41, 5.74) is 2.25. The molecular formula is C18H23BrN2O2. The summed E-state index contributed by atoms with van der Waals surface area (Å²) in [6.07, 6.45) is 2.31. The quantitative estimate of drug-likeness (QED) is 0.740. The predicted octanol–water partition coefficient (Wildman–Crippen LogP) is 4.91. The normalized spacial score (nSPS) is 18.7. The van der Waals surface area contributed by atoms with Gasteiger partial charge in [-0.25, -0.2) is 0 Å². The van der Waals surface area contributed by atoms with E-state index in [0.717, 1.165) is 41.2 Å². The Morgan fingerprint density at radius 1 is 1.39 bits per heavy atom. The van der Waals surface area contributed by atoms with Crippen molar-refractivity contribution in [1.82, 2.24) is 10.1 Å². The molecule has 124 valence electrons. The summed E-state index contributed by atoms with van der Waals surface area (Å²) in [4.78, 5) is 2.46. The lowest BCUT2D eigenvalue weighted by atomic mass is 10.1. The molecule has 1 saturated heterocycles. The summed E-state index contributed by atoms with van der Waals surface area (Å²) >= 11 is 3.55. The van der Waals surface area contributed by atoms with Crippen molar-refractivity contribution in [3.63, 3.8) is 0 Å². The van der Waals surface area contributed by atoms with Crippen LogP contribution in [0.25, 0.3) is 0 Å². The molecule has 0 saturated carbocycles. The SMILES string of the molecule is COc1ccc(Br)cc1CN1CCC[C@H]1c1cc(C(C)C)on1. The molecule has 1 fully saturated rings. The monoisotopic (exact) mass is 378 g/mol. The zero-order valence-corrected chi connectivity index (χ0v) is 15.5. The highest BCUT2D eigenvalue weighted by Gasteiger charge is 2.29. The van der Waals surface area contributed by atoms with Crippen LogP contribution in [0.3, 0.4) is 0 Å². The standard InChI is InChI=1S/C18H23BrN2O2/c1-12(2)18-10-15(20-23-18)16-5-4-8-21(16)11-13-9-14(19)6-7-17(13)22-3/h6-7,9-10,12,16H,4-5,8,11H2,1-3H3/t16-/m0/s1. The molecule has 1 aromatic carbocycles. The minimum atomic E-state index is 0.329. The van der Waals surface area contributed by atoms with Crippen molar-refractivity contribution in [2.45, 2.75) is 45.2 Å². The Morgan fingerprint density at radius 2 is 2.22 bits per heavy atom. The predicted molar refractivity (Wildman–Crippen MR) is 93.7 cm³/mol. The Bertz CT molecular complexity index is 669. The van der Waals surface area contributed by atoms with Crippen molar-refractivity contribution >= 4 is 15.9 Å². The van der Waals surface area contributed by atoms with Crippen LogP contribution in [0.1, 0.15) is 55.7 Å². The van der Waals surface area contributed by atoms with Crippen molar-refractivity contribution in [3.05, 3.63) is 45.8 Å². The van der Waals surface area contributed by atoms with Gasteiger partial charge < -0.3 is 9.26 Å². The fraction of sp³-hybridized carbons (Fsp3) is 0.500. The van der Waals surface area contributed by atoms with E-state index in [1.165, 1.54) is 12.0 Å². The molecule has 0 aliphatic carbocycles. The van der Waals surface area contributed by atoms with Crippen LogP contribution in [0.4, 0.5) is 0 Å². The van der Waals surface area contributed by atoms with Gasteiger partial charge in [0.05, 0.1) is 13.2 Å². The lowest BCUT2D eigenvalue weighted by Crippen LogP contribution is -2.23. The second kappa shape index (κ2) is 7.05. The third-order valence-corrected chi connectivity index (χ3v) is 4.93. The number of hydrogen-bond acceptors (Lipinski definition) is 4. The molecule has 23 heavy (non-hydrogen) atoms. The molecule has 0 unspecified atom stereocenters. The van der Waals surface area contributed by atoms with E-state index in [4.69, 9.17) is 9.26 Å². The second-order valence-electron chi connectivity index (χ2n) is 6.39. The highest BCUT2D eigenvalue weighted by molar-refractivity contribution is 9.10. The molecule has 1 atom stereocenters. The maximum absolute atomic E-state index is 5.51. The fourth-order valence-corrected chi connectivity index (χ4v) is 3.58. The molecule has 0 N–H and O–H groups in total. The van der Waals surface area contributed by atoms with E-state index in [9.17, 15) is 0 Å². The first-order valence-corrected chi connectivity index (χ1v) is 8.90. The third kappa shape index (κ3) is 3.61. The van der Waals surface area contributed by atoms with Gasteiger partial charge in [-0.05, 0) is 37.6 Å². The van der Waals surface area contributed by atoms with Gasteiger partial charge in [-0.3, -0.25) is 4.90 Å². The zero-order chi connectivity index (χ0) is 16.4. The van der Waals surface area contributed by atoms with Crippen molar-refractivity contribution in [1.29, 1.82) is 0 Å². The van der Waals surface area contributed by atoms with E-state index in [0.29, 0.717) is 12.0 Å². The fourth-order valence-electron chi connectivity index (χ4n) is 3.17. The van der Waals surface area contributed by atoms with Gasteiger partial charge in [-0.15, -0.1) is 0 Å². The molecule has 0 spiro atoms. The Kier molecular flexibility index (Phi) is 5.07. The molecule has 1 aromatic heterocycles. The first-order valence-electron chi connectivity index (χ1n) is 8.11. The van der Waals surface area contributed by atoms with Gasteiger partial charge in [0.25, 0.3) is 0 Å². The molecule has 0 amide bonds. The van der Waals surface area contributed by atoms with Crippen molar-refractivity contribution in [2.75, 3.05) is 13.7 Å². The van der Waals surface area contributed by atoms with Crippen LogP contribution >= 0.6 is 15.9 Å². The number of benzene rings is 1. The number of likely N-dealkylation sites (tertiary alicyclic amines) is 1. The molecule has 5 heteroatoms. The molecule has 4 nitrogen and oxygen atoms in total. The molecule has 2 heterocycles. The maximum Gasteiger partial charge on any atom is 0.139 e. The number of ether oxygens (including phenoxy) is 1. The van der Waals surface area contributed by atoms with E-state index in [1.54, 1.807) is 7.11 Å². The Balaban J connectivity index is 1.80. The minimum absolute atomic E-state index is 0.329. The van der Waals surface area contributed by atoms with Gasteiger partial charge in [0.1, 0.15) is 17.2 Å². The van der Waals surface area contributed by atoms with Crippen LogP contribution in [0.15, 0.2) is 33.3 Å². The van der Waals surface area contributed by atoms with Gasteiger partial charge in [0.15, 0.2) is 0 Å². The molecule has 0 bridgehead atoms. The largest absolute Gasteiger partial charge is 0.496 e. The highest BCUT2D eigenvalue weighted by atomic mass is 79.9. The Labute approximate surface area is 145 Å². The van der Waals surface area contributed by atoms with Crippen LogP contribution in [-0.2, 0) is 6.54 Å². The van der Waals surface area contributed by atoms with E-state index < -0.39 is 0 Å². The third-order valence-electron chi connectivity index (χ3n) is 4.44. The second-order valence-corrected chi connectivity index (χ2v) is 7.31.